The van der Waals surface area contributed by atoms with E-state index < -0.39 is 0 Å². The number of rotatable bonds is 5. The van der Waals surface area contributed by atoms with Gasteiger partial charge in [-0.05, 0) is 43.6 Å². The van der Waals surface area contributed by atoms with Gasteiger partial charge in [-0.3, -0.25) is 0 Å². The molecular formula is C15H23N3S. The van der Waals surface area contributed by atoms with Gasteiger partial charge in [0, 0.05) is 13.1 Å². The first-order chi connectivity index (χ1) is 8.89. The quantitative estimate of drug-likeness (QED) is 0.913. The lowest BCUT2D eigenvalue weighted by Crippen LogP contribution is -2.36. The maximum absolute atomic E-state index is 5.79. The van der Waals surface area contributed by atoms with E-state index in [0.717, 1.165) is 23.6 Å². The van der Waals surface area contributed by atoms with Gasteiger partial charge in [0.25, 0.3) is 0 Å². The van der Waals surface area contributed by atoms with Crippen molar-refractivity contribution >= 4 is 21.6 Å². The summed E-state index contributed by atoms with van der Waals surface area (Å²) in [6.07, 6.45) is 0. The first-order valence-corrected chi connectivity index (χ1v) is 7.46. The molecule has 0 aliphatic heterocycles. The van der Waals surface area contributed by atoms with Crippen molar-refractivity contribution in [2.75, 3.05) is 20.1 Å². The third-order valence-corrected chi connectivity index (χ3v) is 4.20. The van der Waals surface area contributed by atoms with Crippen LogP contribution in [0.4, 0.5) is 0 Å². The van der Waals surface area contributed by atoms with Crippen molar-refractivity contribution in [2.24, 2.45) is 11.1 Å². The number of hydrogen-bond acceptors (Lipinski definition) is 4. The first kappa shape index (κ1) is 14.4. The highest BCUT2D eigenvalue weighted by atomic mass is 32.1. The lowest BCUT2D eigenvalue weighted by atomic mass is 9.93. The zero-order chi connectivity index (χ0) is 14.0. The van der Waals surface area contributed by atoms with Crippen molar-refractivity contribution in [1.82, 2.24) is 9.88 Å². The van der Waals surface area contributed by atoms with Crippen molar-refractivity contribution in [3.8, 4) is 0 Å². The van der Waals surface area contributed by atoms with Gasteiger partial charge in [-0.25, -0.2) is 4.98 Å². The molecule has 3 nitrogen and oxygen atoms in total. The summed E-state index contributed by atoms with van der Waals surface area (Å²) >= 11 is 1.76. The third kappa shape index (κ3) is 3.75. The van der Waals surface area contributed by atoms with Crippen molar-refractivity contribution in [3.05, 3.63) is 28.8 Å². The molecule has 0 saturated heterocycles. The maximum Gasteiger partial charge on any atom is 0.0907 e. The molecule has 0 atom stereocenters. The van der Waals surface area contributed by atoms with Gasteiger partial charge in [-0.15, -0.1) is 11.3 Å². The molecular weight excluding hydrogens is 254 g/mol. The van der Waals surface area contributed by atoms with Gasteiger partial charge in [-0.2, -0.15) is 0 Å². The molecule has 2 rings (SSSR count). The summed E-state index contributed by atoms with van der Waals surface area (Å²) in [5.41, 5.74) is 8.41. The standard InChI is InChI=1S/C15H23N3S/c1-11-17-13-6-5-12(7-14(13)19-11)8-18(4)10-15(2,3)9-16/h5-7H,8-10,16H2,1-4H3. The van der Waals surface area contributed by atoms with Gasteiger partial charge in [0.2, 0.25) is 0 Å². The molecule has 2 N–H and O–H groups in total. The summed E-state index contributed by atoms with van der Waals surface area (Å²) in [6.45, 7) is 9.14. The molecule has 0 amide bonds. The topological polar surface area (TPSA) is 42.2 Å². The normalized spacial score (nSPS) is 12.5. The van der Waals surface area contributed by atoms with E-state index in [1.54, 1.807) is 11.3 Å². The molecule has 2 aromatic rings. The largest absolute Gasteiger partial charge is 0.330 e. The average molecular weight is 277 g/mol. The fourth-order valence-electron chi connectivity index (χ4n) is 2.35. The second-order valence-electron chi connectivity index (χ2n) is 6.08. The molecule has 1 aromatic heterocycles. The van der Waals surface area contributed by atoms with Crippen molar-refractivity contribution in [2.45, 2.75) is 27.3 Å². The van der Waals surface area contributed by atoms with E-state index in [-0.39, 0.29) is 5.41 Å². The van der Waals surface area contributed by atoms with Crippen molar-refractivity contribution in [1.29, 1.82) is 0 Å². The van der Waals surface area contributed by atoms with Crippen LogP contribution in [0, 0.1) is 12.3 Å². The summed E-state index contributed by atoms with van der Waals surface area (Å²) in [6, 6.07) is 6.55. The van der Waals surface area contributed by atoms with Gasteiger partial charge in [0.15, 0.2) is 0 Å². The molecule has 0 saturated carbocycles. The molecule has 0 fully saturated rings. The minimum Gasteiger partial charge on any atom is -0.330 e. The Kier molecular flexibility index (Phi) is 4.23. The Morgan fingerprint density at radius 2 is 2.11 bits per heavy atom. The Morgan fingerprint density at radius 1 is 1.37 bits per heavy atom. The van der Waals surface area contributed by atoms with Crippen LogP contribution in [0.5, 0.6) is 0 Å². The second-order valence-corrected chi connectivity index (χ2v) is 7.31. The van der Waals surface area contributed by atoms with Crippen LogP contribution in [0.15, 0.2) is 18.2 Å². The SMILES string of the molecule is Cc1nc2ccc(CN(C)CC(C)(C)CN)cc2s1. The lowest BCUT2D eigenvalue weighted by Gasteiger charge is -2.29. The fraction of sp³-hybridized carbons (Fsp3) is 0.533. The van der Waals surface area contributed by atoms with Crippen molar-refractivity contribution < 1.29 is 0 Å². The van der Waals surface area contributed by atoms with E-state index in [4.69, 9.17) is 5.73 Å². The minimum atomic E-state index is 0.167. The number of fused-ring (bicyclic) bond motifs is 1. The fourth-order valence-corrected chi connectivity index (χ4v) is 3.24. The Labute approximate surface area is 119 Å². The highest BCUT2D eigenvalue weighted by Gasteiger charge is 2.18. The maximum atomic E-state index is 5.79. The van der Waals surface area contributed by atoms with Crippen LogP contribution >= 0.6 is 11.3 Å². The summed E-state index contributed by atoms with van der Waals surface area (Å²) in [7, 11) is 2.15. The van der Waals surface area contributed by atoms with E-state index in [2.05, 4.69) is 55.9 Å². The van der Waals surface area contributed by atoms with Gasteiger partial charge in [0.1, 0.15) is 0 Å². The van der Waals surface area contributed by atoms with Crippen LogP contribution in [0.2, 0.25) is 0 Å². The number of nitrogens with two attached hydrogens (primary N) is 1. The summed E-state index contributed by atoms with van der Waals surface area (Å²) in [4.78, 5) is 6.83. The van der Waals surface area contributed by atoms with Crippen LogP contribution in [-0.4, -0.2) is 30.0 Å². The Hall–Kier alpha value is -0.970. The summed E-state index contributed by atoms with van der Waals surface area (Å²) < 4.78 is 1.28. The zero-order valence-electron chi connectivity index (χ0n) is 12.2. The van der Waals surface area contributed by atoms with E-state index in [0.29, 0.717) is 6.54 Å². The van der Waals surface area contributed by atoms with Gasteiger partial charge in [0.05, 0.1) is 15.2 Å². The van der Waals surface area contributed by atoms with Crippen LogP contribution in [0.1, 0.15) is 24.4 Å². The molecule has 19 heavy (non-hydrogen) atoms. The van der Waals surface area contributed by atoms with Crippen LogP contribution < -0.4 is 5.73 Å². The molecule has 1 heterocycles. The van der Waals surface area contributed by atoms with E-state index in [1.807, 2.05) is 0 Å². The summed E-state index contributed by atoms with van der Waals surface area (Å²) in [5.74, 6) is 0. The van der Waals surface area contributed by atoms with Crippen LogP contribution in [-0.2, 0) is 6.54 Å². The molecule has 104 valence electrons. The highest BCUT2D eigenvalue weighted by Crippen LogP contribution is 2.23. The van der Waals surface area contributed by atoms with Gasteiger partial charge >= 0.3 is 0 Å². The predicted molar refractivity (Wildman–Crippen MR) is 83.5 cm³/mol. The molecule has 0 spiro atoms. The molecule has 4 heteroatoms. The Morgan fingerprint density at radius 3 is 2.79 bits per heavy atom. The molecule has 0 unspecified atom stereocenters. The first-order valence-electron chi connectivity index (χ1n) is 6.64. The summed E-state index contributed by atoms with van der Waals surface area (Å²) in [5, 5.41) is 1.13. The Bertz CT molecular complexity index is 560. The average Bonchev–Trinajstić information content (AvgIpc) is 2.67. The molecule has 0 aliphatic rings. The number of aryl methyl sites for hydroxylation is 1. The molecule has 1 aromatic carbocycles. The van der Waals surface area contributed by atoms with E-state index in [1.165, 1.54) is 10.3 Å². The number of benzene rings is 1. The third-order valence-electron chi connectivity index (χ3n) is 3.26. The van der Waals surface area contributed by atoms with Crippen molar-refractivity contribution in [3.63, 3.8) is 0 Å². The van der Waals surface area contributed by atoms with Gasteiger partial charge < -0.3 is 10.6 Å². The molecule has 0 aliphatic carbocycles. The number of nitrogens with zero attached hydrogens (tertiary/aromatic N) is 2. The number of aromatic nitrogens is 1. The van der Waals surface area contributed by atoms with Gasteiger partial charge in [-0.1, -0.05) is 19.9 Å². The zero-order valence-corrected chi connectivity index (χ0v) is 13.0. The predicted octanol–water partition coefficient (Wildman–Crippen LogP) is 3.02. The van der Waals surface area contributed by atoms with E-state index >= 15 is 0 Å². The monoisotopic (exact) mass is 277 g/mol. The van der Waals surface area contributed by atoms with Crippen LogP contribution in [0.3, 0.4) is 0 Å². The highest BCUT2D eigenvalue weighted by molar-refractivity contribution is 7.18. The number of hydrogen-bond donors (Lipinski definition) is 1. The Balaban J connectivity index is 2.08. The molecule has 0 bridgehead atoms. The van der Waals surface area contributed by atoms with Crippen LogP contribution in [0.25, 0.3) is 10.2 Å². The minimum absolute atomic E-state index is 0.167. The lowest BCUT2D eigenvalue weighted by molar-refractivity contribution is 0.210. The number of thiazole rings is 1. The second kappa shape index (κ2) is 5.57. The molecule has 0 radical (unpaired) electrons. The van der Waals surface area contributed by atoms with E-state index in [9.17, 15) is 0 Å². The smallest absolute Gasteiger partial charge is 0.0907 e.